The molecule has 2 rings (SSSR count). The van der Waals surface area contributed by atoms with Crippen molar-refractivity contribution < 1.29 is 4.79 Å². The lowest BCUT2D eigenvalue weighted by atomic mass is 10.2. The first-order valence-electron chi connectivity index (χ1n) is 6.85. The Hall–Kier alpha value is -1.85. The summed E-state index contributed by atoms with van der Waals surface area (Å²) in [5.74, 6) is 0.235. The van der Waals surface area contributed by atoms with Crippen LogP contribution in [0, 0.1) is 0 Å². The second-order valence-corrected chi connectivity index (χ2v) is 5.58. The van der Waals surface area contributed by atoms with E-state index in [-0.39, 0.29) is 17.6 Å². The van der Waals surface area contributed by atoms with Crippen molar-refractivity contribution >= 4 is 40.6 Å². The summed E-state index contributed by atoms with van der Waals surface area (Å²) in [5.41, 5.74) is 0.892. The number of carbonyl (C=O) groups is 1. The maximum atomic E-state index is 11.9. The van der Waals surface area contributed by atoms with Crippen molar-refractivity contribution in [2.75, 3.05) is 5.32 Å². The molecule has 0 aliphatic carbocycles. The minimum Gasteiger partial charge on any atom is -0.348 e. The molecular weight excluding hydrogens is 323 g/mol. The van der Waals surface area contributed by atoms with Crippen LogP contribution in [0.4, 0.5) is 11.5 Å². The molecule has 0 aliphatic rings. The number of aromatic nitrogens is 2. The molecule has 116 valence electrons. The van der Waals surface area contributed by atoms with Crippen LogP contribution in [0.5, 0.6) is 0 Å². The maximum absolute atomic E-state index is 11.9. The van der Waals surface area contributed by atoms with Crippen LogP contribution in [0.1, 0.15) is 30.8 Å². The van der Waals surface area contributed by atoms with Crippen LogP contribution >= 0.6 is 23.2 Å². The standard InChI is InChI=1S/C15H16Cl2N4O/c1-3-9(2)20-15(22)12-7-19-13(8-18-12)21-11-6-4-5-10(16)14(11)17/h4-9H,3H2,1-2H3,(H,19,21)(H,20,22). The van der Waals surface area contributed by atoms with E-state index in [1.165, 1.54) is 12.4 Å². The number of nitrogens with one attached hydrogen (secondary N) is 2. The first kappa shape index (κ1) is 16.5. The number of hydrogen-bond donors (Lipinski definition) is 2. The van der Waals surface area contributed by atoms with Crippen molar-refractivity contribution in [1.82, 2.24) is 15.3 Å². The lowest BCUT2D eigenvalue weighted by Crippen LogP contribution is -2.32. The number of anilines is 2. The summed E-state index contributed by atoms with van der Waals surface area (Å²) in [6.45, 7) is 3.93. The molecule has 22 heavy (non-hydrogen) atoms. The molecule has 0 fully saturated rings. The van der Waals surface area contributed by atoms with Crippen molar-refractivity contribution in [3.8, 4) is 0 Å². The molecule has 1 heterocycles. The van der Waals surface area contributed by atoms with E-state index in [1.807, 2.05) is 13.8 Å². The molecule has 7 heteroatoms. The molecule has 1 atom stereocenters. The highest BCUT2D eigenvalue weighted by atomic mass is 35.5. The van der Waals surface area contributed by atoms with Gasteiger partial charge in [-0.1, -0.05) is 36.2 Å². The van der Waals surface area contributed by atoms with Crippen molar-refractivity contribution in [3.05, 3.63) is 46.3 Å². The lowest BCUT2D eigenvalue weighted by molar-refractivity contribution is 0.0934. The van der Waals surface area contributed by atoms with E-state index in [2.05, 4.69) is 20.6 Å². The Morgan fingerprint density at radius 2 is 2.05 bits per heavy atom. The van der Waals surface area contributed by atoms with E-state index < -0.39 is 0 Å². The molecular formula is C15H16Cl2N4O. The molecule has 2 aromatic rings. The van der Waals surface area contributed by atoms with E-state index in [0.717, 1.165) is 6.42 Å². The molecule has 1 aromatic carbocycles. The van der Waals surface area contributed by atoms with Gasteiger partial charge in [-0.05, 0) is 25.5 Å². The Bertz CT molecular complexity index is 661. The van der Waals surface area contributed by atoms with Crippen molar-refractivity contribution in [1.29, 1.82) is 0 Å². The van der Waals surface area contributed by atoms with Crippen LogP contribution < -0.4 is 10.6 Å². The average Bonchev–Trinajstić information content (AvgIpc) is 2.52. The van der Waals surface area contributed by atoms with Crippen LogP contribution in [0.25, 0.3) is 0 Å². The van der Waals surface area contributed by atoms with Crippen LogP contribution in [-0.4, -0.2) is 21.9 Å². The third-order valence-electron chi connectivity index (χ3n) is 3.09. The van der Waals surface area contributed by atoms with E-state index in [4.69, 9.17) is 23.2 Å². The van der Waals surface area contributed by atoms with Gasteiger partial charge in [0.1, 0.15) is 11.5 Å². The topological polar surface area (TPSA) is 66.9 Å². The molecule has 1 unspecified atom stereocenters. The Kier molecular flexibility index (Phi) is 5.57. The minimum absolute atomic E-state index is 0.0948. The van der Waals surface area contributed by atoms with Gasteiger partial charge in [-0.15, -0.1) is 0 Å². The second-order valence-electron chi connectivity index (χ2n) is 4.80. The molecule has 0 aliphatic heterocycles. The van der Waals surface area contributed by atoms with Gasteiger partial charge in [-0.2, -0.15) is 0 Å². The Labute approximate surface area is 139 Å². The fraction of sp³-hybridized carbons (Fsp3) is 0.267. The van der Waals surface area contributed by atoms with Crippen LogP contribution in [0.2, 0.25) is 10.0 Å². The smallest absolute Gasteiger partial charge is 0.271 e. The zero-order valence-electron chi connectivity index (χ0n) is 12.2. The Morgan fingerprint density at radius 3 is 2.68 bits per heavy atom. The highest BCUT2D eigenvalue weighted by Gasteiger charge is 2.11. The maximum Gasteiger partial charge on any atom is 0.271 e. The predicted molar refractivity (Wildman–Crippen MR) is 89.0 cm³/mol. The summed E-state index contributed by atoms with van der Waals surface area (Å²) in [6, 6.07) is 5.35. The summed E-state index contributed by atoms with van der Waals surface area (Å²) in [6.07, 6.45) is 3.74. The number of benzene rings is 1. The third-order valence-corrected chi connectivity index (χ3v) is 3.91. The number of amides is 1. The largest absolute Gasteiger partial charge is 0.348 e. The first-order chi connectivity index (χ1) is 10.5. The van der Waals surface area contributed by atoms with Crippen molar-refractivity contribution in [2.45, 2.75) is 26.3 Å². The molecule has 0 saturated carbocycles. The van der Waals surface area contributed by atoms with Crippen LogP contribution in [-0.2, 0) is 0 Å². The molecule has 1 amide bonds. The second kappa shape index (κ2) is 7.42. The quantitative estimate of drug-likeness (QED) is 0.862. The van der Waals surface area contributed by atoms with Gasteiger partial charge in [-0.3, -0.25) is 4.79 Å². The summed E-state index contributed by atoms with van der Waals surface area (Å²) >= 11 is 12.0. The van der Waals surface area contributed by atoms with Gasteiger partial charge >= 0.3 is 0 Å². The summed E-state index contributed by atoms with van der Waals surface area (Å²) in [7, 11) is 0. The normalized spacial score (nSPS) is 11.8. The van der Waals surface area contributed by atoms with Gasteiger partial charge in [0.05, 0.1) is 28.1 Å². The van der Waals surface area contributed by atoms with Gasteiger partial charge < -0.3 is 10.6 Å². The van der Waals surface area contributed by atoms with Gasteiger partial charge in [0.15, 0.2) is 0 Å². The van der Waals surface area contributed by atoms with Gasteiger partial charge in [-0.25, -0.2) is 9.97 Å². The highest BCUT2D eigenvalue weighted by molar-refractivity contribution is 6.43. The SMILES string of the molecule is CCC(C)NC(=O)c1cnc(Nc2cccc(Cl)c2Cl)cn1. The number of halogens is 2. The summed E-state index contributed by atoms with van der Waals surface area (Å²) < 4.78 is 0. The Morgan fingerprint density at radius 1 is 1.27 bits per heavy atom. The molecule has 5 nitrogen and oxygen atoms in total. The number of nitrogens with zero attached hydrogens (tertiary/aromatic N) is 2. The lowest BCUT2D eigenvalue weighted by Gasteiger charge is -2.11. The number of carbonyl (C=O) groups excluding carboxylic acids is 1. The monoisotopic (exact) mass is 338 g/mol. The molecule has 0 saturated heterocycles. The van der Waals surface area contributed by atoms with E-state index in [1.54, 1.807) is 18.2 Å². The average molecular weight is 339 g/mol. The molecule has 0 radical (unpaired) electrons. The van der Waals surface area contributed by atoms with E-state index in [9.17, 15) is 4.79 Å². The van der Waals surface area contributed by atoms with Crippen molar-refractivity contribution in [2.24, 2.45) is 0 Å². The minimum atomic E-state index is -0.241. The number of rotatable bonds is 5. The van der Waals surface area contributed by atoms with Gasteiger partial charge in [0.2, 0.25) is 0 Å². The van der Waals surface area contributed by atoms with Gasteiger partial charge in [0, 0.05) is 6.04 Å². The van der Waals surface area contributed by atoms with E-state index >= 15 is 0 Å². The van der Waals surface area contributed by atoms with Crippen molar-refractivity contribution in [3.63, 3.8) is 0 Å². The predicted octanol–water partition coefficient (Wildman–Crippen LogP) is 4.06. The third kappa shape index (κ3) is 4.08. The fourth-order valence-electron chi connectivity index (χ4n) is 1.65. The molecule has 2 N–H and O–H groups in total. The highest BCUT2D eigenvalue weighted by Crippen LogP contribution is 2.31. The van der Waals surface area contributed by atoms with Crippen LogP contribution in [0.3, 0.4) is 0 Å². The summed E-state index contributed by atoms with van der Waals surface area (Å²) in [4.78, 5) is 20.2. The Balaban J connectivity index is 2.09. The fourth-order valence-corrected chi connectivity index (χ4v) is 2.00. The van der Waals surface area contributed by atoms with Crippen LogP contribution in [0.15, 0.2) is 30.6 Å². The first-order valence-corrected chi connectivity index (χ1v) is 7.60. The molecule has 1 aromatic heterocycles. The zero-order chi connectivity index (χ0) is 16.1. The number of hydrogen-bond acceptors (Lipinski definition) is 4. The van der Waals surface area contributed by atoms with E-state index in [0.29, 0.717) is 21.6 Å². The molecule has 0 spiro atoms. The molecule has 0 bridgehead atoms. The summed E-state index contributed by atoms with van der Waals surface area (Å²) in [5, 5.41) is 6.70. The van der Waals surface area contributed by atoms with Gasteiger partial charge in [0.25, 0.3) is 5.91 Å². The zero-order valence-corrected chi connectivity index (χ0v) is 13.7.